The fourth-order valence-electron chi connectivity index (χ4n) is 3.05. The number of aromatic nitrogens is 5. The molecule has 9 nitrogen and oxygen atoms in total. The third kappa shape index (κ3) is 2.81. The number of nitrogens with zero attached hydrogens (tertiary/aromatic N) is 4. The van der Waals surface area contributed by atoms with Gasteiger partial charge in [0.15, 0.2) is 5.82 Å². The fraction of sp³-hybridized carbons (Fsp3) is 0.353. The van der Waals surface area contributed by atoms with E-state index in [9.17, 15) is 14.4 Å². The maximum atomic E-state index is 12.5. The minimum absolute atomic E-state index is 0.276. The first-order chi connectivity index (χ1) is 12.6. The molecule has 26 heavy (non-hydrogen) atoms. The first kappa shape index (κ1) is 16.2. The summed E-state index contributed by atoms with van der Waals surface area (Å²) in [5.74, 6) is 0.433. The first-order valence-corrected chi connectivity index (χ1v) is 8.52. The molecule has 0 aliphatic heterocycles. The third-order valence-corrected chi connectivity index (χ3v) is 4.55. The van der Waals surface area contributed by atoms with Gasteiger partial charge in [0.1, 0.15) is 6.33 Å². The monoisotopic (exact) mass is 354 g/mol. The van der Waals surface area contributed by atoms with Gasteiger partial charge in [0.2, 0.25) is 0 Å². The summed E-state index contributed by atoms with van der Waals surface area (Å²) in [6.45, 7) is 2.44. The minimum Gasteiger partial charge on any atom is -0.345 e. The summed E-state index contributed by atoms with van der Waals surface area (Å²) in [5, 5.41) is 10.8. The molecule has 1 aliphatic rings. The van der Waals surface area contributed by atoms with Crippen LogP contribution in [0, 0.1) is 0 Å². The molecule has 9 heteroatoms. The maximum Gasteiger partial charge on any atom is 0.316 e. The summed E-state index contributed by atoms with van der Waals surface area (Å²) in [4.78, 5) is 38.7. The van der Waals surface area contributed by atoms with E-state index >= 15 is 0 Å². The van der Waals surface area contributed by atoms with E-state index in [-0.39, 0.29) is 12.5 Å². The standard InChI is InChI=1S/C17H18N6O3/c1-2-22-13-6-3-10(7-12(13)20-16(25)17(22)26)15(24)18-8-14-21-19-9-23(14)11-4-5-11/h3,6-7,9,11H,2,4-5,8H2,1H3,(H,18,24)(H,20,25). The van der Waals surface area contributed by atoms with Crippen LogP contribution in [0.5, 0.6) is 0 Å². The normalized spacial score (nSPS) is 13.9. The predicted molar refractivity (Wildman–Crippen MR) is 94.0 cm³/mol. The second-order valence-electron chi connectivity index (χ2n) is 6.30. The zero-order valence-electron chi connectivity index (χ0n) is 14.2. The van der Waals surface area contributed by atoms with Crippen molar-refractivity contribution in [2.24, 2.45) is 0 Å². The van der Waals surface area contributed by atoms with Gasteiger partial charge in [0.25, 0.3) is 5.91 Å². The molecular formula is C17H18N6O3. The summed E-state index contributed by atoms with van der Waals surface area (Å²) in [5.41, 5.74) is 0.130. The quantitative estimate of drug-likeness (QED) is 0.650. The summed E-state index contributed by atoms with van der Waals surface area (Å²) in [6.07, 6.45) is 3.90. The molecule has 0 atom stereocenters. The van der Waals surface area contributed by atoms with Crippen molar-refractivity contribution in [2.45, 2.75) is 38.9 Å². The maximum absolute atomic E-state index is 12.5. The SMILES string of the molecule is CCn1c(=O)c(=O)[nH]c2cc(C(=O)NCc3nncn3C3CC3)ccc21. The molecule has 3 aromatic rings. The highest BCUT2D eigenvalue weighted by molar-refractivity contribution is 5.97. The van der Waals surface area contributed by atoms with Crippen molar-refractivity contribution in [3.8, 4) is 0 Å². The Morgan fingerprint density at radius 2 is 2.15 bits per heavy atom. The molecule has 2 aromatic heterocycles. The van der Waals surface area contributed by atoms with Gasteiger partial charge in [0.05, 0.1) is 17.6 Å². The number of fused-ring (bicyclic) bond motifs is 1. The van der Waals surface area contributed by atoms with Crippen molar-refractivity contribution in [1.29, 1.82) is 0 Å². The number of H-pyrrole nitrogens is 1. The zero-order chi connectivity index (χ0) is 18.3. The number of hydrogen-bond acceptors (Lipinski definition) is 5. The van der Waals surface area contributed by atoms with Crippen LogP contribution in [0.2, 0.25) is 0 Å². The molecule has 4 rings (SSSR count). The number of aryl methyl sites for hydroxylation is 1. The van der Waals surface area contributed by atoms with Gasteiger partial charge in [-0.05, 0) is 38.0 Å². The van der Waals surface area contributed by atoms with Gasteiger partial charge in [-0.15, -0.1) is 10.2 Å². The van der Waals surface area contributed by atoms with Gasteiger partial charge in [-0.3, -0.25) is 14.4 Å². The highest BCUT2D eigenvalue weighted by Crippen LogP contribution is 2.35. The zero-order valence-corrected chi connectivity index (χ0v) is 14.2. The molecule has 1 aromatic carbocycles. The van der Waals surface area contributed by atoms with Crippen LogP contribution < -0.4 is 16.4 Å². The molecule has 0 unspecified atom stereocenters. The van der Waals surface area contributed by atoms with Crippen LogP contribution in [-0.4, -0.2) is 30.2 Å². The van der Waals surface area contributed by atoms with Crippen molar-refractivity contribution < 1.29 is 4.79 Å². The number of benzene rings is 1. The Morgan fingerprint density at radius 3 is 2.88 bits per heavy atom. The van der Waals surface area contributed by atoms with Crippen LogP contribution in [0.25, 0.3) is 11.0 Å². The third-order valence-electron chi connectivity index (χ3n) is 4.55. The van der Waals surface area contributed by atoms with E-state index in [2.05, 4.69) is 20.5 Å². The number of hydrogen-bond donors (Lipinski definition) is 2. The van der Waals surface area contributed by atoms with Crippen LogP contribution in [0.1, 0.15) is 42.0 Å². The smallest absolute Gasteiger partial charge is 0.316 e. The van der Waals surface area contributed by atoms with Gasteiger partial charge in [0, 0.05) is 18.2 Å². The second kappa shape index (κ2) is 6.25. The van der Waals surface area contributed by atoms with Crippen LogP contribution in [-0.2, 0) is 13.1 Å². The number of carbonyl (C=O) groups excluding carboxylic acids is 1. The summed E-state index contributed by atoms with van der Waals surface area (Å²) < 4.78 is 3.37. The molecule has 1 fully saturated rings. The van der Waals surface area contributed by atoms with Crippen molar-refractivity contribution in [3.63, 3.8) is 0 Å². The Hall–Kier alpha value is -3.23. The second-order valence-corrected chi connectivity index (χ2v) is 6.30. The molecule has 0 bridgehead atoms. The summed E-state index contributed by atoms with van der Waals surface area (Å²) >= 11 is 0. The van der Waals surface area contributed by atoms with Gasteiger partial charge >= 0.3 is 11.1 Å². The van der Waals surface area contributed by atoms with E-state index in [4.69, 9.17) is 0 Å². The topological polar surface area (TPSA) is 115 Å². The number of rotatable bonds is 5. The van der Waals surface area contributed by atoms with E-state index in [1.807, 2.05) is 4.57 Å². The Bertz CT molecular complexity index is 1110. The molecule has 1 aliphatic carbocycles. The minimum atomic E-state index is -0.700. The lowest BCUT2D eigenvalue weighted by atomic mass is 10.1. The predicted octanol–water partition coefficient (Wildman–Crippen LogP) is 0.566. The summed E-state index contributed by atoms with van der Waals surface area (Å²) in [6, 6.07) is 5.31. The Morgan fingerprint density at radius 1 is 1.35 bits per heavy atom. The fourth-order valence-corrected chi connectivity index (χ4v) is 3.05. The van der Waals surface area contributed by atoms with Crippen LogP contribution in [0.15, 0.2) is 34.1 Å². The molecule has 1 amide bonds. The average molecular weight is 354 g/mol. The molecule has 2 heterocycles. The molecule has 2 N–H and O–H groups in total. The lowest BCUT2D eigenvalue weighted by Gasteiger charge is -2.09. The van der Waals surface area contributed by atoms with Crippen LogP contribution >= 0.6 is 0 Å². The first-order valence-electron chi connectivity index (χ1n) is 8.52. The van der Waals surface area contributed by atoms with Gasteiger partial charge in [-0.1, -0.05) is 0 Å². The molecule has 0 saturated heterocycles. The van der Waals surface area contributed by atoms with E-state index in [0.29, 0.717) is 29.2 Å². The van der Waals surface area contributed by atoms with Crippen molar-refractivity contribution in [1.82, 2.24) is 29.6 Å². The van der Waals surface area contributed by atoms with Crippen molar-refractivity contribution in [2.75, 3.05) is 0 Å². The van der Waals surface area contributed by atoms with Crippen molar-refractivity contribution >= 4 is 16.9 Å². The lowest BCUT2D eigenvalue weighted by Crippen LogP contribution is -2.36. The highest BCUT2D eigenvalue weighted by atomic mass is 16.2. The summed E-state index contributed by atoms with van der Waals surface area (Å²) in [7, 11) is 0. The molecule has 1 saturated carbocycles. The van der Waals surface area contributed by atoms with E-state index in [1.54, 1.807) is 31.5 Å². The number of carbonyl (C=O) groups is 1. The number of aromatic amines is 1. The molecular weight excluding hydrogens is 336 g/mol. The number of nitrogens with one attached hydrogen (secondary N) is 2. The van der Waals surface area contributed by atoms with Gasteiger partial charge in [-0.25, -0.2) is 0 Å². The Labute approximate surface area is 147 Å². The molecule has 0 radical (unpaired) electrons. The highest BCUT2D eigenvalue weighted by Gasteiger charge is 2.26. The largest absolute Gasteiger partial charge is 0.345 e. The van der Waals surface area contributed by atoms with E-state index in [0.717, 1.165) is 18.7 Å². The molecule has 0 spiro atoms. The Kier molecular flexibility index (Phi) is 3.90. The van der Waals surface area contributed by atoms with Crippen LogP contribution in [0.4, 0.5) is 0 Å². The van der Waals surface area contributed by atoms with E-state index in [1.165, 1.54) is 4.57 Å². The Balaban J connectivity index is 1.59. The van der Waals surface area contributed by atoms with Crippen LogP contribution in [0.3, 0.4) is 0 Å². The molecule has 134 valence electrons. The average Bonchev–Trinajstić information content (AvgIpc) is 3.38. The van der Waals surface area contributed by atoms with Gasteiger partial charge < -0.3 is 19.4 Å². The number of amides is 1. The lowest BCUT2D eigenvalue weighted by molar-refractivity contribution is 0.0949. The van der Waals surface area contributed by atoms with Crippen molar-refractivity contribution in [3.05, 3.63) is 56.6 Å². The van der Waals surface area contributed by atoms with Gasteiger partial charge in [-0.2, -0.15) is 0 Å². The van der Waals surface area contributed by atoms with E-state index < -0.39 is 11.1 Å².